The number of halogens is 2. The molecule has 1 N–H and O–H groups in total. The summed E-state index contributed by atoms with van der Waals surface area (Å²) in [7, 11) is 0. The third-order valence-corrected chi connectivity index (χ3v) is 3.89. The van der Waals surface area contributed by atoms with E-state index in [-0.39, 0.29) is 13.2 Å². The fraction of sp³-hybridized carbons (Fsp3) is 0.263. The van der Waals surface area contributed by atoms with E-state index in [1.165, 1.54) is 6.92 Å². The van der Waals surface area contributed by atoms with E-state index in [9.17, 15) is 9.59 Å². The first-order valence-corrected chi connectivity index (χ1v) is 8.89. The highest BCUT2D eigenvalue weighted by Crippen LogP contribution is 2.27. The van der Waals surface area contributed by atoms with Crippen LogP contribution in [-0.4, -0.2) is 31.4 Å². The quantitative estimate of drug-likeness (QED) is 0.519. The molecule has 0 heterocycles. The summed E-state index contributed by atoms with van der Waals surface area (Å²) in [6, 6.07) is 12.0. The molecule has 0 unspecified atom stereocenters. The van der Waals surface area contributed by atoms with Crippen molar-refractivity contribution in [3.63, 3.8) is 0 Å². The summed E-state index contributed by atoms with van der Waals surface area (Å²) in [4.78, 5) is 23.7. The predicted octanol–water partition coefficient (Wildman–Crippen LogP) is 4.86. The second-order valence-electron chi connectivity index (χ2n) is 5.63. The van der Waals surface area contributed by atoms with Crippen LogP contribution in [0.4, 0.5) is 10.5 Å². The molecule has 0 aliphatic carbocycles. The lowest BCUT2D eigenvalue weighted by Gasteiger charge is -2.14. The van der Waals surface area contributed by atoms with E-state index in [0.29, 0.717) is 21.5 Å². The predicted molar refractivity (Wildman–Crippen MR) is 104 cm³/mol. The minimum atomic E-state index is -1.06. The molecule has 6 nitrogen and oxygen atoms in total. The molecule has 1 amide bonds. The summed E-state index contributed by atoms with van der Waals surface area (Å²) < 4.78 is 15.4. The minimum Gasteiger partial charge on any atom is -0.488 e. The van der Waals surface area contributed by atoms with Gasteiger partial charge in [-0.05, 0) is 49.7 Å². The Balaban J connectivity index is 1.71. The molecule has 0 spiro atoms. The summed E-state index contributed by atoms with van der Waals surface area (Å²) in [5.74, 6) is -0.251. The molecule has 0 aliphatic rings. The first-order chi connectivity index (χ1) is 12.8. The number of nitrogens with one attached hydrogen (secondary N) is 1. The molecule has 0 radical (unpaired) electrons. The first-order valence-electron chi connectivity index (χ1n) is 8.14. The van der Waals surface area contributed by atoms with Gasteiger partial charge in [-0.25, -0.2) is 9.59 Å². The topological polar surface area (TPSA) is 73.9 Å². The molecule has 0 aliphatic heterocycles. The van der Waals surface area contributed by atoms with Gasteiger partial charge in [0.2, 0.25) is 0 Å². The maximum absolute atomic E-state index is 11.9. The van der Waals surface area contributed by atoms with Gasteiger partial charge < -0.3 is 14.2 Å². The van der Waals surface area contributed by atoms with Gasteiger partial charge >= 0.3 is 12.1 Å². The van der Waals surface area contributed by atoms with Crippen LogP contribution < -0.4 is 10.1 Å². The number of benzene rings is 2. The monoisotopic (exact) mass is 411 g/mol. The van der Waals surface area contributed by atoms with Crippen molar-refractivity contribution in [1.82, 2.24) is 0 Å². The molecule has 0 bridgehead atoms. The van der Waals surface area contributed by atoms with Crippen molar-refractivity contribution in [3.05, 3.63) is 58.1 Å². The van der Waals surface area contributed by atoms with Gasteiger partial charge in [-0.2, -0.15) is 0 Å². The number of anilines is 1. The molecule has 2 aromatic rings. The molecule has 0 aromatic heterocycles. The lowest BCUT2D eigenvalue weighted by Crippen LogP contribution is -2.29. The summed E-state index contributed by atoms with van der Waals surface area (Å²) in [5.41, 5.74) is 1.56. The van der Waals surface area contributed by atoms with Crippen LogP contribution in [0, 0.1) is 6.92 Å². The van der Waals surface area contributed by atoms with Gasteiger partial charge in [0.15, 0.2) is 6.10 Å². The fourth-order valence-electron chi connectivity index (χ4n) is 2.08. The lowest BCUT2D eigenvalue weighted by molar-refractivity contribution is -0.153. The molecule has 1 atom stereocenters. The minimum absolute atomic E-state index is 0.0228. The fourth-order valence-corrected chi connectivity index (χ4v) is 2.55. The van der Waals surface area contributed by atoms with Crippen LogP contribution in [0.25, 0.3) is 0 Å². The molecule has 2 aromatic carbocycles. The van der Waals surface area contributed by atoms with E-state index >= 15 is 0 Å². The normalized spacial score (nSPS) is 11.4. The van der Waals surface area contributed by atoms with E-state index in [1.807, 2.05) is 13.0 Å². The number of ether oxygens (including phenoxy) is 3. The van der Waals surface area contributed by atoms with E-state index in [1.54, 1.807) is 36.4 Å². The van der Waals surface area contributed by atoms with Gasteiger partial charge in [0, 0.05) is 10.7 Å². The third kappa shape index (κ3) is 7.00. The molecule has 0 saturated heterocycles. The highest BCUT2D eigenvalue weighted by Gasteiger charge is 2.19. The zero-order chi connectivity index (χ0) is 19.8. The van der Waals surface area contributed by atoms with Crippen molar-refractivity contribution in [2.75, 3.05) is 18.5 Å². The van der Waals surface area contributed by atoms with Crippen LogP contribution >= 0.6 is 23.2 Å². The third-order valence-electron chi connectivity index (χ3n) is 3.36. The molecule has 144 valence electrons. The van der Waals surface area contributed by atoms with Gasteiger partial charge in [-0.3, -0.25) is 5.32 Å². The number of carbonyl (C=O) groups excluding carboxylic acids is 2. The zero-order valence-electron chi connectivity index (χ0n) is 14.8. The Morgan fingerprint density at radius 1 is 1.11 bits per heavy atom. The Kier molecular flexibility index (Phi) is 7.76. The van der Waals surface area contributed by atoms with Crippen molar-refractivity contribution in [2.45, 2.75) is 20.0 Å². The second-order valence-corrected chi connectivity index (χ2v) is 6.48. The standard InChI is InChI=1S/C19H19Cl2NO5/c1-12-4-3-5-15(10-12)22-19(24)27-13(2)18(23)26-9-8-25-17-7-6-14(20)11-16(17)21/h3-7,10-11,13H,8-9H2,1-2H3,(H,22,24)/t13-/m1/s1. The highest BCUT2D eigenvalue weighted by atomic mass is 35.5. The number of hydrogen-bond donors (Lipinski definition) is 1. The number of carbonyl (C=O) groups is 2. The van der Waals surface area contributed by atoms with Crippen LogP contribution in [0.2, 0.25) is 10.0 Å². The molecule has 27 heavy (non-hydrogen) atoms. The molecular weight excluding hydrogens is 393 g/mol. The van der Waals surface area contributed by atoms with Crippen LogP contribution in [0.15, 0.2) is 42.5 Å². The van der Waals surface area contributed by atoms with E-state index in [4.69, 9.17) is 37.4 Å². The van der Waals surface area contributed by atoms with Crippen molar-refractivity contribution in [2.24, 2.45) is 0 Å². The van der Waals surface area contributed by atoms with E-state index < -0.39 is 18.2 Å². The van der Waals surface area contributed by atoms with Gasteiger partial charge in [0.25, 0.3) is 0 Å². The number of rotatable bonds is 7. The van der Waals surface area contributed by atoms with E-state index in [0.717, 1.165) is 5.56 Å². The van der Waals surface area contributed by atoms with Crippen LogP contribution in [0.5, 0.6) is 5.75 Å². The second kappa shape index (κ2) is 10.0. The smallest absolute Gasteiger partial charge is 0.412 e. The molecule has 2 rings (SSSR count). The zero-order valence-corrected chi connectivity index (χ0v) is 16.3. The molecular formula is C19H19Cl2NO5. The van der Waals surface area contributed by atoms with Crippen LogP contribution in [0.1, 0.15) is 12.5 Å². The van der Waals surface area contributed by atoms with Gasteiger partial charge in [0.05, 0.1) is 5.02 Å². The lowest BCUT2D eigenvalue weighted by atomic mass is 10.2. The van der Waals surface area contributed by atoms with Crippen LogP contribution in [0.3, 0.4) is 0 Å². The molecule has 0 fully saturated rings. The largest absolute Gasteiger partial charge is 0.488 e. The Hall–Kier alpha value is -2.44. The van der Waals surface area contributed by atoms with Gasteiger partial charge in [-0.15, -0.1) is 0 Å². The number of aryl methyl sites for hydroxylation is 1. The SMILES string of the molecule is Cc1cccc(NC(=O)O[C@H](C)C(=O)OCCOc2ccc(Cl)cc2Cl)c1. The average molecular weight is 412 g/mol. The van der Waals surface area contributed by atoms with Crippen molar-refractivity contribution < 1.29 is 23.8 Å². The highest BCUT2D eigenvalue weighted by molar-refractivity contribution is 6.35. The molecule has 8 heteroatoms. The summed E-state index contributed by atoms with van der Waals surface area (Å²) in [6.45, 7) is 3.39. The number of esters is 1. The molecule has 0 saturated carbocycles. The number of hydrogen-bond acceptors (Lipinski definition) is 5. The summed E-state index contributed by atoms with van der Waals surface area (Å²) in [6.07, 6.45) is -1.80. The van der Waals surface area contributed by atoms with Gasteiger partial charge in [0.1, 0.15) is 19.0 Å². The van der Waals surface area contributed by atoms with Crippen molar-refractivity contribution >= 4 is 41.0 Å². The maximum Gasteiger partial charge on any atom is 0.412 e. The first kappa shape index (κ1) is 20.9. The maximum atomic E-state index is 11.9. The Labute approximate surface area is 167 Å². The average Bonchev–Trinajstić information content (AvgIpc) is 2.59. The van der Waals surface area contributed by atoms with Crippen molar-refractivity contribution in [1.29, 1.82) is 0 Å². The summed E-state index contributed by atoms with van der Waals surface area (Å²) in [5, 5.41) is 3.40. The summed E-state index contributed by atoms with van der Waals surface area (Å²) >= 11 is 11.8. The Bertz CT molecular complexity index is 812. The Morgan fingerprint density at radius 3 is 2.59 bits per heavy atom. The van der Waals surface area contributed by atoms with Crippen molar-refractivity contribution in [3.8, 4) is 5.75 Å². The Morgan fingerprint density at radius 2 is 1.89 bits per heavy atom. The van der Waals surface area contributed by atoms with E-state index in [2.05, 4.69) is 5.32 Å². The van der Waals surface area contributed by atoms with Crippen LogP contribution in [-0.2, 0) is 14.3 Å². The number of amides is 1. The van der Waals surface area contributed by atoms with Gasteiger partial charge in [-0.1, -0.05) is 35.3 Å².